The minimum atomic E-state index is -0.658. The predicted molar refractivity (Wildman–Crippen MR) is 93.7 cm³/mol. The molecule has 1 aliphatic rings. The zero-order valence-corrected chi connectivity index (χ0v) is 14.0. The summed E-state index contributed by atoms with van der Waals surface area (Å²) in [5, 5.41) is 4.44. The first-order chi connectivity index (χ1) is 12.7. The number of para-hydroxylation sites is 1. The van der Waals surface area contributed by atoms with Crippen LogP contribution in [-0.4, -0.2) is 27.2 Å². The molecule has 0 bridgehead atoms. The standard InChI is InChI=1S/C19H17FN4O2/c20-12-14-5-4-8-18(21-14)23-9-10-24-17(19(23)25)11-15(22-24)13-26-16-6-2-1-3-7-16/h1-8,11H,9-10,12-13H2. The van der Waals surface area contributed by atoms with E-state index in [1.54, 1.807) is 33.8 Å². The van der Waals surface area contributed by atoms with Crippen molar-refractivity contribution in [3.05, 3.63) is 71.7 Å². The molecule has 0 saturated heterocycles. The van der Waals surface area contributed by atoms with Gasteiger partial charge in [0.2, 0.25) is 0 Å². The number of benzene rings is 1. The van der Waals surface area contributed by atoms with Crippen LogP contribution < -0.4 is 9.64 Å². The highest BCUT2D eigenvalue weighted by Crippen LogP contribution is 2.21. The molecular weight excluding hydrogens is 335 g/mol. The average molecular weight is 352 g/mol. The van der Waals surface area contributed by atoms with E-state index in [2.05, 4.69) is 10.1 Å². The highest BCUT2D eigenvalue weighted by atomic mass is 19.1. The van der Waals surface area contributed by atoms with Gasteiger partial charge in [-0.25, -0.2) is 9.37 Å². The molecule has 2 aromatic heterocycles. The molecule has 1 amide bonds. The molecule has 7 heteroatoms. The number of aromatic nitrogens is 3. The summed E-state index contributed by atoms with van der Waals surface area (Å²) in [6.45, 7) is 0.616. The fourth-order valence-corrected chi connectivity index (χ4v) is 2.90. The molecule has 0 aliphatic carbocycles. The van der Waals surface area contributed by atoms with Crippen LogP contribution in [-0.2, 0) is 19.8 Å². The van der Waals surface area contributed by atoms with Gasteiger partial charge in [-0.3, -0.25) is 14.4 Å². The van der Waals surface area contributed by atoms with E-state index < -0.39 is 6.67 Å². The highest BCUT2D eigenvalue weighted by molar-refractivity contribution is 6.05. The van der Waals surface area contributed by atoms with Crippen LogP contribution in [0.4, 0.5) is 10.2 Å². The number of halogens is 1. The maximum atomic E-state index is 12.8. The molecule has 1 aromatic carbocycles. The van der Waals surface area contributed by atoms with E-state index >= 15 is 0 Å². The molecule has 3 heterocycles. The molecule has 0 N–H and O–H groups in total. The molecule has 132 valence electrons. The molecule has 4 rings (SSSR count). The lowest BCUT2D eigenvalue weighted by atomic mass is 10.2. The molecule has 6 nitrogen and oxygen atoms in total. The number of alkyl halides is 1. The third-order valence-electron chi connectivity index (χ3n) is 4.17. The fourth-order valence-electron chi connectivity index (χ4n) is 2.90. The molecular formula is C19H17FN4O2. The lowest BCUT2D eigenvalue weighted by Gasteiger charge is -2.26. The van der Waals surface area contributed by atoms with Crippen molar-refractivity contribution in [2.45, 2.75) is 19.8 Å². The van der Waals surface area contributed by atoms with E-state index in [1.807, 2.05) is 30.3 Å². The summed E-state index contributed by atoms with van der Waals surface area (Å²) in [6, 6.07) is 16.2. The number of ether oxygens (including phenoxy) is 1. The van der Waals surface area contributed by atoms with Crippen molar-refractivity contribution in [3.8, 4) is 5.75 Å². The van der Waals surface area contributed by atoms with Crippen LogP contribution in [0.25, 0.3) is 0 Å². The Morgan fingerprint density at radius 1 is 1.04 bits per heavy atom. The molecule has 0 radical (unpaired) electrons. The molecule has 0 atom stereocenters. The quantitative estimate of drug-likeness (QED) is 0.708. The minimum absolute atomic E-state index is 0.196. The van der Waals surface area contributed by atoms with Crippen LogP contribution >= 0.6 is 0 Å². The zero-order valence-electron chi connectivity index (χ0n) is 14.0. The Balaban J connectivity index is 1.52. The van der Waals surface area contributed by atoms with Gasteiger partial charge in [0, 0.05) is 6.54 Å². The minimum Gasteiger partial charge on any atom is -0.487 e. The molecule has 0 saturated carbocycles. The van der Waals surface area contributed by atoms with Crippen molar-refractivity contribution in [2.75, 3.05) is 11.4 Å². The largest absolute Gasteiger partial charge is 0.487 e. The summed E-state index contributed by atoms with van der Waals surface area (Å²) in [7, 11) is 0. The second kappa shape index (κ2) is 6.95. The normalized spacial score (nSPS) is 13.6. The number of pyridine rings is 1. The lowest BCUT2D eigenvalue weighted by molar-refractivity contribution is 0.0961. The number of anilines is 1. The predicted octanol–water partition coefficient (Wildman–Crippen LogP) is 2.99. The summed E-state index contributed by atoms with van der Waals surface area (Å²) < 4.78 is 20.2. The van der Waals surface area contributed by atoms with Gasteiger partial charge in [-0.2, -0.15) is 5.10 Å². The van der Waals surface area contributed by atoms with Gasteiger partial charge < -0.3 is 4.74 Å². The Morgan fingerprint density at radius 2 is 1.88 bits per heavy atom. The monoisotopic (exact) mass is 352 g/mol. The molecule has 3 aromatic rings. The van der Waals surface area contributed by atoms with E-state index in [0.717, 1.165) is 5.75 Å². The molecule has 26 heavy (non-hydrogen) atoms. The van der Waals surface area contributed by atoms with E-state index in [4.69, 9.17) is 4.74 Å². The number of fused-ring (bicyclic) bond motifs is 1. The van der Waals surface area contributed by atoms with Crippen LogP contribution in [0.1, 0.15) is 21.9 Å². The first-order valence-corrected chi connectivity index (χ1v) is 8.33. The van der Waals surface area contributed by atoms with Gasteiger partial charge in [-0.1, -0.05) is 24.3 Å². The lowest BCUT2D eigenvalue weighted by Crippen LogP contribution is -2.41. The molecule has 0 fully saturated rings. The van der Waals surface area contributed by atoms with Crippen molar-refractivity contribution in [1.29, 1.82) is 0 Å². The fraction of sp³-hybridized carbons (Fsp3) is 0.211. The maximum Gasteiger partial charge on any atom is 0.277 e. The van der Waals surface area contributed by atoms with Crippen LogP contribution in [0, 0.1) is 0 Å². The Labute approximate surface area is 149 Å². The molecule has 0 spiro atoms. The van der Waals surface area contributed by atoms with Gasteiger partial charge in [0.15, 0.2) is 0 Å². The number of carbonyl (C=O) groups excluding carboxylic acids is 1. The van der Waals surface area contributed by atoms with Crippen LogP contribution in [0.15, 0.2) is 54.6 Å². The van der Waals surface area contributed by atoms with Crippen molar-refractivity contribution < 1.29 is 13.9 Å². The van der Waals surface area contributed by atoms with E-state index in [0.29, 0.717) is 36.0 Å². The van der Waals surface area contributed by atoms with Crippen molar-refractivity contribution in [2.24, 2.45) is 0 Å². The van der Waals surface area contributed by atoms with E-state index in [-0.39, 0.29) is 12.5 Å². The number of amides is 1. The smallest absolute Gasteiger partial charge is 0.277 e. The number of hydrogen-bond donors (Lipinski definition) is 0. The second-order valence-corrected chi connectivity index (χ2v) is 5.92. The summed E-state index contributed by atoms with van der Waals surface area (Å²) >= 11 is 0. The SMILES string of the molecule is O=C1c2cc(COc3ccccc3)nn2CCN1c1cccc(CF)n1. The highest BCUT2D eigenvalue weighted by Gasteiger charge is 2.28. The first-order valence-electron chi connectivity index (χ1n) is 8.33. The van der Waals surface area contributed by atoms with E-state index in [1.165, 1.54) is 0 Å². The van der Waals surface area contributed by atoms with Gasteiger partial charge in [-0.15, -0.1) is 0 Å². The Kier molecular flexibility index (Phi) is 4.35. The number of carbonyl (C=O) groups is 1. The topological polar surface area (TPSA) is 60.2 Å². The van der Waals surface area contributed by atoms with Crippen molar-refractivity contribution >= 4 is 11.7 Å². The summed E-state index contributed by atoms with van der Waals surface area (Å²) in [5.74, 6) is 1.01. The first kappa shape index (κ1) is 16.3. The Bertz CT molecular complexity index is 926. The molecule has 0 unspecified atom stereocenters. The summed E-state index contributed by atoms with van der Waals surface area (Å²) in [4.78, 5) is 18.5. The van der Waals surface area contributed by atoms with Gasteiger partial charge >= 0.3 is 0 Å². The van der Waals surface area contributed by atoms with Gasteiger partial charge in [0.25, 0.3) is 5.91 Å². The van der Waals surface area contributed by atoms with Crippen LogP contribution in [0.2, 0.25) is 0 Å². The van der Waals surface area contributed by atoms with Gasteiger partial charge in [-0.05, 0) is 30.3 Å². The third kappa shape index (κ3) is 3.15. The van der Waals surface area contributed by atoms with Crippen molar-refractivity contribution in [3.63, 3.8) is 0 Å². The average Bonchev–Trinajstić information content (AvgIpc) is 3.12. The van der Waals surface area contributed by atoms with Crippen LogP contribution in [0.5, 0.6) is 5.75 Å². The summed E-state index contributed by atoms with van der Waals surface area (Å²) in [6.07, 6.45) is 0. The van der Waals surface area contributed by atoms with Gasteiger partial charge in [0.05, 0.1) is 12.2 Å². The molecule has 1 aliphatic heterocycles. The zero-order chi connectivity index (χ0) is 17.9. The van der Waals surface area contributed by atoms with Crippen LogP contribution in [0.3, 0.4) is 0 Å². The Hall–Kier alpha value is -3.22. The van der Waals surface area contributed by atoms with E-state index in [9.17, 15) is 9.18 Å². The van der Waals surface area contributed by atoms with Crippen molar-refractivity contribution in [1.82, 2.24) is 14.8 Å². The maximum absolute atomic E-state index is 12.8. The number of nitrogens with zero attached hydrogens (tertiary/aromatic N) is 4. The third-order valence-corrected chi connectivity index (χ3v) is 4.17. The van der Waals surface area contributed by atoms with Gasteiger partial charge in [0.1, 0.15) is 36.2 Å². The number of hydrogen-bond acceptors (Lipinski definition) is 4. The number of rotatable bonds is 5. The second-order valence-electron chi connectivity index (χ2n) is 5.92. The summed E-state index contributed by atoms with van der Waals surface area (Å²) in [5.41, 5.74) is 1.48. The Morgan fingerprint density at radius 3 is 2.69 bits per heavy atom.